The van der Waals surface area contributed by atoms with Crippen molar-refractivity contribution in [2.24, 2.45) is 0 Å². The van der Waals surface area contributed by atoms with E-state index in [2.05, 4.69) is 53.1 Å². The van der Waals surface area contributed by atoms with Gasteiger partial charge in [-0.3, -0.25) is 0 Å². The molecule has 0 saturated heterocycles. The van der Waals surface area contributed by atoms with Gasteiger partial charge in [0.1, 0.15) is 14.1 Å². The van der Waals surface area contributed by atoms with E-state index in [0.29, 0.717) is 0 Å². The van der Waals surface area contributed by atoms with E-state index < -0.39 is 0 Å². The molecular weight excluding hydrogens is 196 g/mol. The Morgan fingerprint density at radius 1 is 1.25 bits per heavy atom. The van der Waals surface area contributed by atoms with Crippen molar-refractivity contribution >= 4 is 11.8 Å². The van der Waals surface area contributed by atoms with Gasteiger partial charge < -0.3 is 4.90 Å². The molecule has 0 fully saturated rings. The molecule has 1 aromatic rings. The highest BCUT2D eigenvalue weighted by Crippen LogP contribution is 2.14. The van der Waals surface area contributed by atoms with Crippen molar-refractivity contribution in [3.05, 3.63) is 41.6 Å². The van der Waals surface area contributed by atoms with Gasteiger partial charge in [0, 0.05) is 20.3 Å². The van der Waals surface area contributed by atoms with Crippen LogP contribution >= 0.6 is 0 Å². The maximum Gasteiger partial charge on any atom is 0.172 e. The van der Waals surface area contributed by atoms with Crippen LogP contribution in [0, 0.1) is 6.92 Å². The smallest absolute Gasteiger partial charge is 0.172 e. The maximum absolute atomic E-state index is 2.20. The molecule has 0 aliphatic rings. The summed E-state index contributed by atoms with van der Waals surface area (Å²) in [5, 5.41) is 0. The Hall–Kier alpha value is -1.57. The van der Waals surface area contributed by atoms with E-state index >= 15 is 0 Å². The molecule has 2 heteroatoms. The Balaban J connectivity index is 3.17. The van der Waals surface area contributed by atoms with Crippen LogP contribution < -0.4 is 0 Å². The molecule has 1 rings (SSSR count). The molecule has 0 saturated carbocycles. The third-order valence-corrected chi connectivity index (χ3v) is 2.15. The van der Waals surface area contributed by atoms with Crippen LogP contribution in [-0.4, -0.2) is 43.9 Å². The second-order valence-corrected chi connectivity index (χ2v) is 4.51. The normalized spacial score (nSPS) is 11.2. The molecular formula is C14H21N2+. The zero-order chi connectivity index (χ0) is 12.1. The van der Waals surface area contributed by atoms with Crippen LogP contribution in [0.25, 0.3) is 5.57 Å². The van der Waals surface area contributed by atoms with Gasteiger partial charge in [0.25, 0.3) is 0 Å². The van der Waals surface area contributed by atoms with Crippen molar-refractivity contribution in [3.8, 4) is 0 Å². The van der Waals surface area contributed by atoms with Gasteiger partial charge in [0.2, 0.25) is 0 Å². The van der Waals surface area contributed by atoms with Crippen molar-refractivity contribution in [1.82, 2.24) is 4.90 Å². The van der Waals surface area contributed by atoms with E-state index in [4.69, 9.17) is 0 Å². The average molecular weight is 217 g/mol. The van der Waals surface area contributed by atoms with Gasteiger partial charge in [-0.2, -0.15) is 0 Å². The summed E-state index contributed by atoms with van der Waals surface area (Å²) in [5.41, 5.74) is 3.76. The first kappa shape index (κ1) is 12.5. The molecule has 0 unspecified atom stereocenters. The molecule has 0 radical (unpaired) electrons. The third-order valence-electron chi connectivity index (χ3n) is 2.15. The van der Waals surface area contributed by atoms with Crippen molar-refractivity contribution in [2.45, 2.75) is 6.92 Å². The van der Waals surface area contributed by atoms with Crippen LogP contribution in [0.3, 0.4) is 0 Å². The highest BCUT2D eigenvalue weighted by Gasteiger charge is 2.03. The Morgan fingerprint density at radius 3 is 2.44 bits per heavy atom. The quantitative estimate of drug-likeness (QED) is 0.556. The lowest BCUT2D eigenvalue weighted by atomic mass is 10.1. The van der Waals surface area contributed by atoms with Crippen LogP contribution in [0.4, 0.5) is 0 Å². The fourth-order valence-electron chi connectivity index (χ4n) is 1.56. The van der Waals surface area contributed by atoms with Gasteiger partial charge in [-0.05, 0) is 12.5 Å². The Bertz CT molecular complexity index is 410. The summed E-state index contributed by atoms with van der Waals surface area (Å²) < 4.78 is 2.07. The minimum absolute atomic E-state index is 1.22. The standard InChI is InChI=1S/C14H21N2/c1-12-7-6-8-13(9-12)14(10-15(2)3)11-16(4)5/h6-11H,1-5H3/q+1. The van der Waals surface area contributed by atoms with Gasteiger partial charge in [0.15, 0.2) is 6.21 Å². The second-order valence-electron chi connectivity index (χ2n) is 4.51. The van der Waals surface area contributed by atoms with Crippen LogP contribution in [0.2, 0.25) is 0 Å². The van der Waals surface area contributed by atoms with Crippen LogP contribution in [0.15, 0.2) is 30.5 Å². The van der Waals surface area contributed by atoms with E-state index in [1.54, 1.807) is 0 Å². The zero-order valence-electron chi connectivity index (χ0n) is 10.9. The molecule has 0 aliphatic carbocycles. The molecule has 0 spiro atoms. The van der Waals surface area contributed by atoms with Gasteiger partial charge >= 0.3 is 0 Å². The predicted octanol–water partition coefficient (Wildman–Crippen LogP) is 2.24. The first-order chi connectivity index (χ1) is 7.49. The number of allylic oxidation sites excluding steroid dienone is 1. The van der Waals surface area contributed by atoms with E-state index in [9.17, 15) is 0 Å². The summed E-state index contributed by atoms with van der Waals surface area (Å²) in [6, 6.07) is 8.56. The minimum Gasteiger partial charge on any atom is -0.383 e. The number of benzene rings is 1. The van der Waals surface area contributed by atoms with Gasteiger partial charge in [-0.15, -0.1) is 0 Å². The molecule has 0 amide bonds. The molecule has 0 atom stereocenters. The average Bonchev–Trinajstić information content (AvgIpc) is 2.15. The molecule has 0 heterocycles. The van der Waals surface area contributed by atoms with E-state index in [1.807, 2.05) is 28.2 Å². The highest BCUT2D eigenvalue weighted by molar-refractivity contribution is 6.07. The lowest BCUT2D eigenvalue weighted by molar-refractivity contribution is -0.458. The maximum atomic E-state index is 2.20. The monoisotopic (exact) mass is 217 g/mol. The summed E-state index contributed by atoms with van der Waals surface area (Å²) in [6.07, 6.45) is 4.27. The second kappa shape index (κ2) is 5.50. The molecule has 1 aromatic carbocycles. The lowest BCUT2D eigenvalue weighted by Crippen LogP contribution is -2.07. The van der Waals surface area contributed by atoms with Gasteiger partial charge in [-0.1, -0.05) is 29.8 Å². The molecule has 0 bridgehead atoms. The largest absolute Gasteiger partial charge is 0.383 e. The molecule has 0 aliphatic heterocycles. The molecule has 86 valence electrons. The van der Waals surface area contributed by atoms with Crippen LogP contribution in [0.5, 0.6) is 0 Å². The van der Waals surface area contributed by atoms with Crippen molar-refractivity contribution in [1.29, 1.82) is 0 Å². The lowest BCUT2D eigenvalue weighted by Gasteiger charge is -2.08. The summed E-state index contributed by atoms with van der Waals surface area (Å²) in [5.74, 6) is 0. The van der Waals surface area contributed by atoms with E-state index in [0.717, 1.165) is 0 Å². The molecule has 0 aromatic heterocycles. The number of hydrogen-bond donors (Lipinski definition) is 0. The SMILES string of the molecule is Cc1cccc(/C(C=[N+](C)C)=C/N(C)C)c1. The highest BCUT2D eigenvalue weighted by atomic mass is 15.0. The predicted molar refractivity (Wildman–Crippen MR) is 71.0 cm³/mol. The van der Waals surface area contributed by atoms with E-state index in [1.165, 1.54) is 16.7 Å². The topological polar surface area (TPSA) is 6.25 Å². The van der Waals surface area contributed by atoms with E-state index in [-0.39, 0.29) is 0 Å². The fourth-order valence-corrected chi connectivity index (χ4v) is 1.56. The summed E-state index contributed by atoms with van der Waals surface area (Å²) in [7, 11) is 8.16. The summed E-state index contributed by atoms with van der Waals surface area (Å²) >= 11 is 0. The molecule has 16 heavy (non-hydrogen) atoms. The summed E-state index contributed by atoms with van der Waals surface area (Å²) in [4.78, 5) is 2.07. The minimum atomic E-state index is 1.22. The first-order valence-electron chi connectivity index (χ1n) is 5.45. The van der Waals surface area contributed by atoms with Crippen molar-refractivity contribution in [3.63, 3.8) is 0 Å². The number of rotatable bonds is 3. The molecule has 2 nitrogen and oxygen atoms in total. The first-order valence-corrected chi connectivity index (χ1v) is 5.45. The third kappa shape index (κ3) is 3.89. The Labute approximate surface area is 98.5 Å². The molecule has 0 N–H and O–H groups in total. The number of aryl methyl sites for hydroxylation is 1. The van der Waals surface area contributed by atoms with Gasteiger partial charge in [0.05, 0.1) is 5.57 Å². The Kier molecular flexibility index (Phi) is 4.29. The van der Waals surface area contributed by atoms with Crippen LogP contribution in [0.1, 0.15) is 11.1 Å². The Morgan fingerprint density at radius 2 is 1.94 bits per heavy atom. The summed E-state index contributed by atoms with van der Waals surface area (Å²) in [6.45, 7) is 2.12. The number of hydrogen-bond acceptors (Lipinski definition) is 1. The van der Waals surface area contributed by atoms with Crippen molar-refractivity contribution < 1.29 is 4.58 Å². The van der Waals surface area contributed by atoms with Gasteiger partial charge in [-0.25, -0.2) is 4.58 Å². The van der Waals surface area contributed by atoms with Crippen LogP contribution in [-0.2, 0) is 0 Å². The van der Waals surface area contributed by atoms with Crippen molar-refractivity contribution in [2.75, 3.05) is 28.2 Å². The zero-order valence-corrected chi connectivity index (χ0v) is 10.9. The fraction of sp³-hybridized carbons (Fsp3) is 0.357. The number of nitrogens with zero attached hydrogens (tertiary/aromatic N) is 2.